The van der Waals surface area contributed by atoms with Crippen molar-refractivity contribution in [2.45, 2.75) is 20.3 Å². The van der Waals surface area contributed by atoms with Crippen molar-refractivity contribution in [1.29, 1.82) is 0 Å². The summed E-state index contributed by atoms with van der Waals surface area (Å²) >= 11 is 5.67. The lowest BCUT2D eigenvalue weighted by Gasteiger charge is -2.11. The van der Waals surface area contributed by atoms with E-state index in [9.17, 15) is 0 Å². The number of rotatable bonds is 7. The molecule has 1 atom stereocenters. The number of nitrogens with one attached hydrogen (secondary N) is 1. The summed E-state index contributed by atoms with van der Waals surface area (Å²) in [6, 6.07) is 1.75. The van der Waals surface area contributed by atoms with E-state index in [1.54, 1.807) is 12.3 Å². The minimum absolute atomic E-state index is 0.511. The molecule has 0 fully saturated rings. The summed E-state index contributed by atoms with van der Waals surface area (Å²) in [6.07, 6.45) is 2.67. The molecule has 1 aromatic heterocycles. The molecule has 1 unspecified atom stereocenters. The van der Waals surface area contributed by atoms with Gasteiger partial charge in [0.25, 0.3) is 0 Å². The molecule has 1 heterocycles. The molecule has 0 saturated carbocycles. The van der Waals surface area contributed by atoms with E-state index in [0.29, 0.717) is 30.2 Å². The van der Waals surface area contributed by atoms with Gasteiger partial charge in [-0.3, -0.25) is 0 Å². The van der Waals surface area contributed by atoms with E-state index in [2.05, 4.69) is 22.2 Å². The number of hydrogen-bond donors (Lipinski definition) is 1. The molecule has 0 spiro atoms. The highest BCUT2D eigenvalue weighted by Crippen LogP contribution is 2.09. The highest BCUT2D eigenvalue weighted by molar-refractivity contribution is 6.17. The highest BCUT2D eigenvalue weighted by atomic mass is 35.5. The van der Waals surface area contributed by atoms with E-state index in [4.69, 9.17) is 16.3 Å². The van der Waals surface area contributed by atoms with Crippen LogP contribution >= 0.6 is 11.6 Å². The fraction of sp³-hybridized carbons (Fsp3) is 0.636. The van der Waals surface area contributed by atoms with Gasteiger partial charge in [-0.1, -0.05) is 6.92 Å². The number of anilines is 1. The van der Waals surface area contributed by atoms with Crippen LogP contribution in [0.4, 0.5) is 5.95 Å². The van der Waals surface area contributed by atoms with Gasteiger partial charge in [-0.2, -0.15) is 4.98 Å². The molecule has 0 aliphatic carbocycles. The summed E-state index contributed by atoms with van der Waals surface area (Å²) in [5, 5.41) is 3.17. The lowest BCUT2D eigenvalue weighted by atomic mass is 10.1. The third-order valence-corrected chi connectivity index (χ3v) is 2.35. The maximum atomic E-state index is 5.67. The first-order valence-corrected chi connectivity index (χ1v) is 6.05. The van der Waals surface area contributed by atoms with E-state index in [1.165, 1.54) is 0 Å². The van der Waals surface area contributed by atoms with Crippen LogP contribution in [-0.4, -0.2) is 29.0 Å². The Morgan fingerprint density at radius 3 is 3.06 bits per heavy atom. The first-order valence-electron chi connectivity index (χ1n) is 5.52. The van der Waals surface area contributed by atoms with Crippen LogP contribution in [0.1, 0.15) is 20.3 Å². The Bertz CT molecular complexity index is 309. The van der Waals surface area contributed by atoms with Crippen molar-refractivity contribution >= 4 is 17.5 Å². The number of alkyl halides is 1. The van der Waals surface area contributed by atoms with Gasteiger partial charge in [0.1, 0.15) is 0 Å². The lowest BCUT2D eigenvalue weighted by Crippen LogP contribution is -2.13. The first-order chi connectivity index (χ1) is 7.76. The Hall–Kier alpha value is -1.03. The van der Waals surface area contributed by atoms with Gasteiger partial charge in [-0.25, -0.2) is 4.98 Å². The second kappa shape index (κ2) is 7.28. The third kappa shape index (κ3) is 4.66. The van der Waals surface area contributed by atoms with Crippen LogP contribution < -0.4 is 10.1 Å². The topological polar surface area (TPSA) is 47.0 Å². The van der Waals surface area contributed by atoms with E-state index in [-0.39, 0.29) is 0 Å². The lowest BCUT2D eigenvalue weighted by molar-refractivity contribution is 0.326. The van der Waals surface area contributed by atoms with Crippen molar-refractivity contribution < 1.29 is 4.74 Å². The molecule has 0 saturated heterocycles. The molecule has 1 rings (SSSR count). The summed E-state index contributed by atoms with van der Waals surface area (Å²) in [7, 11) is 0. The summed E-state index contributed by atoms with van der Waals surface area (Å²) in [6.45, 7) is 5.50. The molecule has 90 valence electrons. The smallest absolute Gasteiger partial charge is 0.225 e. The Kier molecular flexibility index (Phi) is 5.93. The third-order valence-electron chi connectivity index (χ3n) is 2.13. The van der Waals surface area contributed by atoms with Gasteiger partial charge in [0.2, 0.25) is 11.8 Å². The van der Waals surface area contributed by atoms with Crippen LogP contribution in [0.15, 0.2) is 12.3 Å². The van der Waals surface area contributed by atoms with Crippen molar-refractivity contribution in [2.75, 3.05) is 24.3 Å². The van der Waals surface area contributed by atoms with Gasteiger partial charge < -0.3 is 10.1 Å². The quantitative estimate of drug-likeness (QED) is 0.748. The average Bonchev–Trinajstić information content (AvgIpc) is 2.28. The Labute approximate surface area is 101 Å². The van der Waals surface area contributed by atoms with E-state index < -0.39 is 0 Å². The predicted octanol–water partition coefficient (Wildman–Crippen LogP) is 2.55. The second-order valence-electron chi connectivity index (χ2n) is 3.62. The van der Waals surface area contributed by atoms with Gasteiger partial charge in [0, 0.05) is 24.7 Å². The van der Waals surface area contributed by atoms with Crippen LogP contribution in [0, 0.1) is 5.92 Å². The van der Waals surface area contributed by atoms with Crippen molar-refractivity contribution in [3.63, 3.8) is 0 Å². The van der Waals surface area contributed by atoms with Crippen molar-refractivity contribution in [2.24, 2.45) is 5.92 Å². The Morgan fingerprint density at radius 1 is 1.56 bits per heavy atom. The average molecular weight is 244 g/mol. The minimum Gasteiger partial charge on any atom is -0.478 e. The van der Waals surface area contributed by atoms with E-state index >= 15 is 0 Å². The van der Waals surface area contributed by atoms with Gasteiger partial charge in [0.05, 0.1) is 6.61 Å². The SMILES string of the molecule is CCOc1ccnc(NCC(C)CCCl)n1. The van der Waals surface area contributed by atoms with Gasteiger partial charge >= 0.3 is 0 Å². The molecular weight excluding hydrogens is 226 g/mol. The standard InChI is InChI=1S/C11H18ClN3O/c1-3-16-10-5-7-13-11(15-10)14-8-9(2)4-6-12/h5,7,9H,3-4,6,8H2,1-2H3,(H,13,14,15). The molecule has 0 aliphatic rings. The van der Waals surface area contributed by atoms with Gasteiger partial charge in [-0.15, -0.1) is 11.6 Å². The Morgan fingerprint density at radius 2 is 2.38 bits per heavy atom. The second-order valence-corrected chi connectivity index (χ2v) is 3.99. The zero-order chi connectivity index (χ0) is 11.8. The number of aromatic nitrogens is 2. The summed E-state index contributed by atoms with van der Waals surface area (Å²) < 4.78 is 5.29. The molecular formula is C11H18ClN3O. The molecule has 0 amide bonds. The highest BCUT2D eigenvalue weighted by Gasteiger charge is 2.03. The van der Waals surface area contributed by atoms with Crippen LogP contribution in [0.25, 0.3) is 0 Å². The van der Waals surface area contributed by atoms with Crippen molar-refractivity contribution in [3.8, 4) is 5.88 Å². The molecule has 4 nitrogen and oxygen atoms in total. The summed E-state index contributed by atoms with van der Waals surface area (Å²) in [5.74, 6) is 2.40. The number of nitrogens with zero attached hydrogens (tertiary/aromatic N) is 2. The zero-order valence-corrected chi connectivity index (χ0v) is 10.5. The number of ether oxygens (including phenoxy) is 1. The number of halogens is 1. The van der Waals surface area contributed by atoms with Crippen LogP contribution in [-0.2, 0) is 0 Å². The zero-order valence-electron chi connectivity index (χ0n) is 9.74. The molecule has 0 bridgehead atoms. The van der Waals surface area contributed by atoms with Crippen LogP contribution in [0.2, 0.25) is 0 Å². The van der Waals surface area contributed by atoms with Gasteiger partial charge in [-0.05, 0) is 19.3 Å². The van der Waals surface area contributed by atoms with Crippen LogP contribution in [0.5, 0.6) is 5.88 Å². The monoisotopic (exact) mass is 243 g/mol. The number of hydrogen-bond acceptors (Lipinski definition) is 4. The summed E-state index contributed by atoms with van der Waals surface area (Å²) in [5.41, 5.74) is 0. The molecule has 0 radical (unpaired) electrons. The van der Waals surface area contributed by atoms with Gasteiger partial charge in [0.15, 0.2) is 0 Å². The van der Waals surface area contributed by atoms with E-state index in [0.717, 1.165) is 13.0 Å². The Balaban J connectivity index is 2.44. The molecule has 0 aromatic carbocycles. The maximum absolute atomic E-state index is 5.67. The molecule has 5 heteroatoms. The van der Waals surface area contributed by atoms with Crippen LogP contribution in [0.3, 0.4) is 0 Å². The van der Waals surface area contributed by atoms with E-state index in [1.807, 2.05) is 6.92 Å². The summed E-state index contributed by atoms with van der Waals surface area (Å²) in [4.78, 5) is 8.34. The maximum Gasteiger partial charge on any atom is 0.225 e. The predicted molar refractivity (Wildman–Crippen MR) is 66.2 cm³/mol. The fourth-order valence-electron chi connectivity index (χ4n) is 1.21. The van der Waals surface area contributed by atoms with Crippen molar-refractivity contribution in [1.82, 2.24) is 9.97 Å². The molecule has 0 aliphatic heterocycles. The largest absolute Gasteiger partial charge is 0.478 e. The van der Waals surface area contributed by atoms with Crippen molar-refractivity contribution in [3.05, 3.63) is 12.3 Å². The first kappa shape index (κ1) is 13.0. The molecule has 1 aromatic rings. The molecule has 16 heavy (non-hydrogen) atoms. The normalized spacial score (nSPS) is 12.2. The molecule has 1 N–H and O–H groups in total. The fourth-order valence-corrected chi connectivity index (χ4v) is 1.58. The minimum atomic E-state index is 0.511.